The Morgan fingerprint density at radius 1 is 1.37 bits per heavy atom. The first-order chi connectivity index (χ1) is 9.11. The lowest BCUT2D eigenvalue weighted by Gasteiger charge is -2.13. The molecule has 0 spiro atoms. The Morgan fingerprint density at radius 2 is 2.16 bits per heavy atom. The van der Waals surface area contributed by atoms with Gasteiger partial charge in [0.2, 0.25) is 0 Å². The molecule has 19 heavy (non-hydrogen) atoms. The van der Waals surface area contributed by atoms with Crippen LogP contribution in [0.5, 0.6) is 0 Å². The molecule has 1 aliphatic rings. The van der Waals surface area contributed by atoms with E-state index in [0.717, 1.165) is 37.4 Å². The molecule has 4 heteroatoms. The lowest BCUT2D eigenvalue weighted by Crippen LogP contribution is -2.38. The molecular weight excluding hydrogens is 236 g/mol. The van der Waals surface area contributed by atoms with Gasteiger partial charge in [0, 0.05) is 26.2 Å². The highest BCUT2D eigenvalue weighted by Gasteiger charge is 2.18. The van der Waals surface area contributed by atoms with E-state index in [9.17, 15) is 0 Å². The zero-order chi connectivity index (χ0) is 14.1. The van der Waals surface area contributed by atoms with Crippen molar-refractivity contribution >= 4 is 5.96 Å². The molecular formula is C15H32N4. The zero-order valence-electron chi connectivity index (χ0n) is 13.2. The second kappa shape index (κ2) is 9.18. The molecule has 4 nitrogen and oxygen atoms in total. The lowest BCUT2D eigenvalue weighted by atomic mass is 10.1. The topological polar surface area (TPSA) is 39.7 Å². The van der Waals surface area contributed by atoms with Gasteiger partial charge in [-0.15, -0.1) is 0 Å². The number of nitrogens with one attached hydrogen (secondary N) is 2. The highest BCUT2D eigenvalue weighted by atomic mass is 15.2. The molecule has 1 rings (SSSR count). The first kappa shape index (κ1) is 16.3. The van der Waals surface area contributed by atoms with Gasteiger partial charge in [0.1, 0.15) is 0 Å². The van der Waals surface area contributed by atoms with E-state index in [4.69, 9.17) is 4.99 Å². The molecule has 1 saturated heterocycles. The summed E-state index contributed by atoms with van der Waals surface area (Å²) in [6, 6.07) is 0. The second-order valence-corrected chi connectivity index (χ2v) is 6.10. The third-order valence-corrected chi connectivity index (χ3v) is 3.59. The van der Waals surface area contributed by atoms with Crippen molar-refractivity contribution in [3.05, 3.63) is 0 Å². The summed E-state index contributed by atoms with van der Waals surface area (Å²) >= 11 is 0. The number of hydrogen-bond donors (Lipinski definition) is 2. The summed E-state index contributed by atoms with van der Waals surface area (Å²) in [5, 5.41) is 6.77. The molecule has 0 aromatic carbocycles. The minimum atomic E-state index is 0.733. The van der Waals surface area contributed by atoms with Crippen molar-refractivity contribution in [2.24, 2.45) is 16.8 Å². The maximum atomic E-state index is 4.71. The minimum Gasteiger partial charge on any atom is -0.357 e. The number of rotatable bonds is 7. The van der Waals surface area contributed by atoms with Gasteiger partial charge >= 0.3 is 0 Å². The van der Waals surface area contributed by atoms with Crippen molar-refractivity contribution in [1.82, 2.24) is 15.5 Å². The predicted molar refractivity (Wildman–Crippen MR) is 83.7 cm³/mol. The molecule has 0 aliphatic carbocycles. The Morgan fingerprint density at radius 3 is 2.74 bits per heavy atom. The van der Waals surface area contributed by atoms with Crippen LogP contribution in [0.15, 0.2) is 4.99 Å². The van der Waals surface area contributed by atoms with Crippen LogP contribution in [0.1, 0.15) is 40.0 Å². The van der Waals surface area contributed by atoms with E-state index in [1.165, 1.54) is 32.4 Å². The van der Waals surface area contributed by atoms with Crippen LogP contribution < -0.4 is 10.6 Å². The van der Waals surface area contributed by atoms with E-state index < -0.39 is 0 Å². The molecule has 1 aliphatic heterocycles. The van der Waals surface area contributed by atoms with Crippen molar-refractivity contribution in [1.29, 1.82) is 0 Å². The summed E-state index contributed by atoms with van der Waals surface area (Å²) in [5.41, 5.74) is 0. The molecule has 1 fully saturated rings. The summed E-state index contributed by atoms with van der Waals surface area (Å²) in [7, 11) is 2.19. The van der Waals surface area contributed by atoms with Crippen molar-refractivity contribution in [3.63, 3.8) is 0 Å². The highest BCUT2D eigenvalue weighted by Crippen LogP contribution is 2.14. The third-order valence-electron chi connectivity index (χ3n) is 3.59. The third kappa shape index (κ3) is 7.41. The summed E-state index contributed by atoms with van der Waals surface area (Å²) in [6.45, 7) is 12.0. The van der Waals surface area contributed by atoms with Gasteiger partial charge in [-0.3, -0.25) is 4.99 Å². The van der Waals surface area contributed by atoms with E-state index in [2.05, 4.69) is 43.4 Å². The molecule has 1 atom stereocenters. The average Bonchev–Trinajstić information content (AvgIpc) is 2.77. The fourth-order valence-corrected chi connectivity index (χ4v) is 2.45. The van der Waals surface area contributed by atoms with E-state index in [0.29, 0.717) is 0 Å². The van der Waals surface area contributed by atoms with Gasteiger partial charge in [-0.25, -0.2) is 0 Å². The Balaban J connectivity index is 2.25. The maximum Gasteiger partial charge on any atom is 0.191 e. The van der Waals surface area contributed by atoms with Gasteiger partial charge in [-0.05, 0) is 51.6 Å². The number of hydrogen-bond acceptors (Lipinski definition) is 2. The highest BCUT2D eigenvalue weighted by molar-refractivity contribution is 5.79. The maximum absolute atomic E-state index is 4.71. The molecule has 0 saturated carbocycles. The Labute approximate surface area is 119 Å². The second-order valence-electron chi connectivity index (χ2n) is 6.10. The van der Waals surface area contributed by atoms with Crippen LogP contribution in [0.2, 0.25) is 0 Å². The monoisotopic (exact) mass is 268 g/mol. The lowest BCUT2D eigenvalue weighted by molar-refractivity contribution is 0.397. The number of likely N-dealkylation sites (tertiary alicyclic amines) is 1. The van der Waals surface area contributed by atoms with E-state index in [-0.39, 0.29) is 0 Å². The van der Waals surface area contributed by atoms with Crippen molar-refractivity contribution in [2.45, 2.75) is 40.0 Å². The van der Waals surface area contributed by atoms with Crippen LogP contribution in [-0.2, 0) is 0 Å². The van der Waals surface area contributed by atoms with Crippen LogP contribution in [0.25, 0.3) is 0 Å². The zero-order valence-corrected chi connectivity index (χ0v) is 13.2. The number of aliphatic imine (C=N–C) groups is 1. The van der Waals surface area contributed by atoms with Gasteiger partial charge in [0.05, 0.1) is 0 Å². The molecule has 0 aromatic heterocycles. The van der Waals surface area contributed by atoms with Crippen LogP contribution in [0, 0.1) is 11.8 Å². The standard InChI is InChI=1S/C15H32N4/c1-5-16-15(17-9-6-7-13(2)3)18-11-14-8-10-19(4)12-14/h13-14H,5-12H2,1-4H3,(H2,16,17,18). The minimum absolute atomic E-state index is 0.733. The quantitative estimate of drug-likeness (QED) is 0.421. The van der Waals surface area contributed by atoms with E-state index in [1.54, 1.807) is 0 Å². The fourth-order valence-electron chi connectivity index (χ4n) is 2.45. The average molecular weight is 268 g/mol. The molecule has 112 valence electrons. The molecule has 1 heterocycles. The summed E-state index contributed by atoms with van der Waals surface area (Å²) in [4.78, 5) is 7.11. The van der Waals surface area contributed by atoms with Crippen LogP contribution in [0.3, 0.4) is 0 Å². The first-order valence-corrected chi connectivity index (χ1v) is 7.82. The largest absolute Gasteiger partial charge is 0.357 e. The molecule has 0 radical (unpaired) electrons. The van der Waals surface area contributed by atoms with Gasteiger partial charge < -0.3 is 15.5 Å². The van der Waals surface area contributed by atoms with E-state index >= 15 is 0 Å². The van der Waals surface area contributed by atoms with Crippen molar-refractivity contribution < 1.29 is 0 Å². The van der Waals surface area contributed by atoms with Gasteiger partial charge in [-0.1, -0.05) is 13.8 Å². The normalized spacial score (nSPS) is 21.1. The fraction of sp³-hybridized carbons (Fsp3) is 0.933. The van der Waals surface area contributed by atoms with Gasteiger partial charge in [0.25, 0.3) is 0 Å². The van der Waals surface area contributed by atoms with Gasteiger partial charge in [-0.2, -0.15) is 0 Å². The van der Waals surface area contributed by atoms with Crippen LogP contribution in [0.4, 0.5) is 0 Å². The van der Waals surface area contributed by atoms with Gasteiger partial charge in [0.15, 0.2) is 5.96 Å². The van der Waals surface area contributed by atoms with Crippen LogP contribution in [-0.4, -0.2) is 50.6 Å². The predicted octanol–water partition coefficient (Wildman–Crippen LogP) is 1.93. The Bertz CT molecular complexity index is 263. The van der Waals surface area contributed by atoms with E-state index in [1.807, 2.05) is 0 Å². The molecule has 0 amide bonds. The molecule has 2 N–H and O–H groups in total. The first-order valence-electron chi connectivity index (χ1n) is 7.82. The molecule has 0 aromatic rings. The van der Waals surface area contributed by atoms with Crippen molar-refractivity contribution in [3.8, 4) is 0 Å². The smallest absolute Gasteiger partial charge is 0.191 e. The van der Waals surface area contributed by atoms with Crippen molar-refractivity contribution in [2.75, 3.05) is 39.8 Å². The summed E-state index contributed by atoms with van der Waals surface area (Å²) < 4.78 is 0. The van der Waals surface area contributed by atoms with Crippen LogP contribution >= 0.6 is 0 Å². The number of guanidine groups is 1. The SMILES string of the molecule is CCNC(=NCC1CCN(C)C1)NCCCC(C)C. The Hall–Kier alpha value is -0.770. The molecule has 0 bridgehead atoms. The Kier molecular flexibility index (Phi) is 7.87. The molecule has 1 unspecified atom stereocenters. The number of nitrogens with zero attached hydrogens (tertiary/aromatic N) is 2. The summed E-state index contributed by atoms with van der Waals surface area (Å²) in [6.07, 6.45) is 3.78. The summed E-state index contributed by atoms with van der Waals surface area (Å²) in [5.74, 6) is 2.51.